The molecular weight excluding hydrogens is 290 g/mol. The van der Waals surface area contributed by atoms with E-state index >= 15 is 0 Å². The lowest BCUT2D eigenvalue weighted by Crippen LogP contribution is -2.31. The molecule has 0 saturated heterocycles. The van der Waals surface area contributed by atoms with E-state index in [1.165, 1.54) is 11.1 Å². The largest absolute Gasteiger partial charge is 0.352 e. The maximum atomic E-state index is 12.0. The number of hydrogen-bond acceptors (Lipinski definition) is 3. The van der Waals surface area contributed by atoms with E-state index in [2.05, 4.69) is 39.5 Å². The average molecular weight is 311 g/mol. The number of nitrogens with zero attached hydrogens (tertiary/aromatic N) is 1. The second-order valence-corrected chi connectivity index (χ2v) is 5.97. The number of H-pyrrole nitrogens is 1. The van der Waals surface area contributed by atoms with Crippen molar-refractivity contribution < 1.29 is 4.79 Å². The first-order chi connectivity index (χ1) is 11.1. The third kappa shape index (κ3) is 3.68. The molecule has 5 nitrogen and oxygen atoms in total. The molecule has 1 amide bonds. The molecule has 0 spiro atoms. The summed E-state index contributed by atoms with van der Waals surface area (Å²) in [7, 11) is 0. The summed E-state index contributed by atoms with van der Waals surface area (Å²) in [5, 5.41) is 2.82. The lowest BCUT2D eigenvalue weighted by molar-refractivity contribution is 0.0950. The quantitative estimate of drug-likeness (QED) is 0.828. The topological polar surface area (TPSA) is 65.2 Å². The number of amides is 1. The minimum atomic E-state index is -0.336. The van der Waals surface area contributed by atoms with Crippen LogP contribution >= 0.6 is 0 Å². The van der Waals surface area contributed by atoms with Gasteiger partial charge in [0.1, 0.15) is 5.56 Å². The Morgan fingerprint density at radius 2 is 1.87 bits per heavy atom. The number of aryl methyl sites for hydroxylation is 1. The zero-order chi connectivity index (χ0) is 16.2. The zero-order valence-electron chi connectivity index (χ0n) is 13.3. The van der Waals surface area contributed by atoms with Crippen LogP contribution in [0.2, 0.25) is 0 Å². The van der Waals surface area contributed by atoms with Crippen molar-refractivity contribution in [3.05, 3.63) is 69.1 Å². The Bertz CT molecular complexity index is 742. The molecule has 120 valence electrons. The molecule has 1 aliphatic heterocycles. The first-order valence-corrected chi connectivity index (χ1v) is 7.91. The molecule has 2 aromatic rings. The van der Waals surface area contributed by atoms with Gasteiger partial charge >= 0.3 is 0 Å². The van der Waals surface area contributed by atoms with Gasteiger partial charge in [-0.15, -0.1) is 0 Å². The Labute approximate surface area is 135 Å². The first-order valence-electron chi connectivity index (χ1n) is 7.91. The van der Waals surface area contributed by atoms with Gasteiger partial charge in [0, 0.05) is 31.9 Å². The van der Waals surface area contributed by atoms with Crippen molar-refractivity contribution in [2.45, 2.75) is 26.4 Å². The number of benzene rings is 1. The van der Waals surface area contributed by atoms with Crippen molar-refractivity contribution in [2.24, 2.45) is 0 Å². The molecule has 1 aliphatic rings. The molecule has 0 radical (unpaired) electrons. The minimum Gasteiger partial charge on any atom is -0.352 e. The van der Waals surface area contributed by atoms with Gasteiger partial charge in [-0.05, 0) is 36.6 Å². The number of fused-ring (bicyclic) bond motifs is 1. The number of pyridine rings is 1. The third-order valence-electron chi connectivity index (χ3n) is 4.14. The van der Waals surface area contributed by atoms with Crippen LogP contribution in [0.1, 0.15) is 33.6 Å². The van der Waals surface area contributed by atoms with Gasteiger partial charge < -0.3 is 10.3 Å². The van der Waals surface area contributed by atoms with E-state index < -0.39 is 0 Å². The highest BCUT2D eigenvalue weighted by Gasteiger charge is 2.17. The maximum Gasteiger partial charge on any atom is 0.260 e. The summed E-state index contributed by atoms with van der Waals surface area (Å²) in [6.45, 7) is 5.23. The van der Waals surface area contributed by atoms with Gasteiger partial charge in [0.2, 0.25) is 0 Å². The van der Waals surface area contributed by atoms with Gasteiger partial charge in [0.15, 0.2) is 0 Å². The fourth-order valence-corrected chi connectivity index (χ4v) is 2.91. The summed E-state index contributed by atoms with van der Waals surface area (Å²) in [6.07, 6.45) is 0.865. The SMILES string of the molecule is Cc1ccc(C(=O)NCCCN2Cc3ccccc3C2)c(=O)[nH]1. The number of carbonyl (C=O) groups is 1. The lowest BCUT2D eigenvalue weighted by Gasteiger charge is -2.14. The second kappa shape index (κ2) is 6.79. The van der Waals surface area contributed by atoms with Crippen molar-refractivity contribution in [3.63, 3.8) is 0 Å². The standard InChI is InChI=1S/C18H21N3O2/c1-13-7-8-16(18(23)20-13)17(22)19-9-4-10-21-11-14-5-2-3-6-15(14)12-21/h2-3,5-8H,4,9-12H2,1H3,(H,19,22)(H,20,23). The number of carbonyl (C=O) groups excluding carboxylic acids is 1. The molecule has 5 heteroatoms. The second-order valence-electron chi connectivity index (χ2n) is 5.97. The molecule has 3 rings (SSSR count). The highest BCUT2D eigenvalue weighted by atomic mass is 16.2. The molecule has 0 unspecified atom stereocenters. The van der Waals surface area contributed by atoms with Crippen LogP contribution in [0.25, 0.3) is 0 Å². The Kier molecular flexibility index (Phi) is 4.57. The van der Waals surface area contributed by atoms with Gasteiger partial charge in [-0.25, -0.2) is 0 Å². The molecular formula is C18H21N3O2. The van der Waals surface area contributed by atoms with Crippen LogP contribution in [-0.4, -0.2) is 28.9 Å². The Balaban J connectivity index is 1.44. The molecule has 2 heterocycles. The van der Waals surface area contributed by atoms with Gasteiger partial charge in [-0.1, -0.05) is 24.3 Å². The molecule has 1 aromatic heterocycles. The number of rotatable bonds is 5. The normalized spacial score (nSPS) is 13.8. The van der Waals surface area contributed by atoms with Gasteiger partial charge in [0.25, 0.3) is 11.5 Å². The average Bonchev–Trinajstić information content (AvgIpc) is 2.94. The highest BCUT2D eigenvalue weighted by molar-refractivity contribution is 5.93. The molecule has 0 atom stereocenters. The predicted molar refractivity (Wildman–Crippen MR) is 89.3 cm³/mol. The predicted octanol–water partition coefficient (Wildman–Crippen LogP) is 1.82. The van der Waals surface area contributed by atoms with Gasteiger partial charge in [0.05, 0.1) is 0 Å². The first kappa shape index (κ1) is 15.5. The fraction of sp³-hybridized carbons (Fsp3) is 0.333. The highest BCUT2D eigenvalue weighted by Crippen LogP contribution is 2.21. The van der Waals surface area contributed by atoms with Crippen LogP contribution in [0.15, 0.2) is 41.2 Å². The van der Waals surface area contributed by atoms with E-state index in [9.17, 15) is 9.59 Å². The summed E-state index contributed by atoms with van der Waals surface area (Å²) in [6, 6.07) is 11.8. The lowest BCUT2D eigenvalue weighted by atomic mass is 10.1. The summed E-state index contributed by atoms with van der Waals surface area (Å²) < 4.78 is 0. The molecule has 0 bridgehead atoms. The van der Waals surface area contributed by atoms with E-state index in [0.717, 1.165) is 31.7 Å². The number of aromatic nitrogens is 1. The Morgan fingerprint density at radius 3 is 2.52 bits per heavy atom. The van der Waals surface area contributed by atoms with Crippen LogP contribution < -0.4 is 10.9 Å². The monoisotopic (exact) mass is 311 g/mol. The summed E-state index contributed by atoms with van der Waals surface area (Å²) >= 11 is 0. The van der Waals surface area contributed by atoms with Crippen LogP contribution in [0.3, 0.4) is 0 Å². The summed E-state index contributed by atoms with van der Waals surface area (Å²) in [4.78, 5) is 28.7. The van der Waals surface area contributed by atoms with E-state index in [0.29, 0.717) is 6.54 Å². The van der Waals surface area contributed by atoms with E-state index in [-0.39, 0.29) is 17.0 Å². The van der Waals surface area contributed by atoms with Gasteiger partial charge in [-0.3, -0.25) is 14.5 Å². The minimum absolute atomic E-state index is 0.171. The number of aromatic amines is 1. The van der Waals surface area contributed by atoms with Crippen LogP contribution in [-0.2, 0) is 13.1 Å². The van der Waals surface area contributed by atoms with Crippen LogP contribution in [0, 0.1) is 6.92 Å². The van der Waals surface area contributed by atoms with Crippen molar-refractivity contribution in [2.75, 3.05) is 13.1 Å². The van der Waals surface area contributed by atoms with E-state index in [1.807, 2.05) is 0 Å². The molecule has 2 N–H and O–H groups in total. The molecule has 1 aromatic carbocycles. The smallest absolute Gasteiger partial charge is 0.260 e. The Hall–Kier alpha value is -2.40. The molecule has 0 aliphatic carbocycles. The molecule has 0 saturated carbocycles. The zero-order valence-corrected chi connectivity index (χ0v) is 13.3. The molecule has 23 heavy (non-hydrogen) atoms. The van der Waals surface area contributed by atoms with Gasteiger partial charge in [-0.2, -0.15) is 0 Å². The van der Waals surface area contributed by atoms with Crippen molar-refractivity contribution in [1.29, 1.82) is 0 Å². The summed E-state index contributed by atoms with van der Waals surface area (Å²) in [5.74, 6) is -0.309. The fourth-order valence-electron chi connectivity index (χ4n) is 2.91. The van der Waals surface area contributed by atoms with Crippen LogP contribution in [0.5, 0.6) is 0 Å². The van der Waals surface area contributed by atoms with E-state index in [1.54, 1.807) is 19.1 Å². The maximum absolute atomic E-state index is 12.0. The Morgan fingerprint density at radius 1 is 1.17 bits per heavy atom. The molecule has 0 fully saturated rings. The summed E-state index contributed by atoms with van der Waals surface area (Å²) in [5.41, 5.74) is 3.37. The van der Waals surface area contributed by atoms with Crippen molar-refractivity contribution >= 4 is 5.91 Å². The third-order valence-corrected chi connectivity index (χ3v) is 4.14. The van der Waals surface area contributed by atoms with Crippen LogP contribution in [0.4, 0.5) is 0 Å². The number of hydrogen-bond donors (Lipinski definition) is 2. The van der Waals surface area contributed by atoms with E-state index in [4.69, 9.17) is 0 Å². The number of nitrogens with one attached hydrogen (secondary N) is 2. The van der Waals surface area contributed by atoms with Crippen molar-refractivity contribution in [1.82, 2.24) is 15.2 Å². The van der Waals surface area contributed by atoms with Crippen molar-refractivity contribution in [3.8, 4) is 0 Å².